The third-order valence-corrected chi connectivity index (χ3v) is 4.37. The average molecular weight is 485 g/mol. The van der Waals surface area contributed by atoms with E-state index in [1.165, 1.54) is 0 Å². The molecule has 0 aliphatic rings. The predicted molar refractivity (Wildman–Crippen MR) is 124 cm³/mol. The van der Waals surface area contributed by atoms with E-state index < -0.39 is 11.9 Å². The molecule has 0 aliphatic carbocycles. The second-order valence-electron chi connectivity index (χ2n) is 6.84. The molecule has 2 aromatic carbocycles. The highest BCUT2D eigenvalue weighted by molar-refractivity contribution is 6.37. The van der Waals surface area contributed by atoms with Crippen LogP contribution in [0.15, 0.2) is 42.5 Å². The smallest absolute Gasteiger partial charge is 0.414 e. The van der Waals surface area contributed by atoms with Crippen LogP contribution < -0.4 is 10.6 Å². The van der Waals surface area contributed by atoms with Gasteiger partial charge < -0.3 is 25.6 Å². The fourth-order valence-electron chi connectivity index (χ4n) is 2.38. The Balaban J connectivity index is 0.000000751. The first-order valence-corrected chi connectivity index (χ1v) is 10.5. The number of amides is 1. The number of carboxylic acids is 2. The molecule has 32 heavy (non-hydrogen) atoms. The first kappa shape index (κ1) is 27.4. The molecule has 2 rings (SSSR count). The summed E-state index contributed by atoms with van der Waals surface area (Å²) in [5.41, 5.74) is 2.21. The summed E-state index contributed by atoms with van der Waals surface area (Å²) in [7, 11) is 0. The Hall–Kier alpha value is -2.65. The van der Waals surface area contributed by atoms with Crippen molar-refractivity contribution in [1.29, 1.82) is 0 Å². The number of rotatable bonds is 9. The average Bonchev–Trinajstić information content (AvgIpc) is 2.71. The van der Waals surface area contributed by atoms with Crippen molar-refractivity contribution < 1.29 is 29.3 Å². The van der Waals surface area contributed by atoms with Crippen LogP contribution in [0.3, 0.4) is 0 Å². The van der Waals surface area contributed by atoms with Gasteiger partial charge in [0.2, 0.25) is 0 Å². The van der Waals surface area contributed by atoms with E-state index in [0.29, 0.717) is 15.6 Å². The zero-order chi connectivity index (χ0) is 24.1. The Morgan fingerprint density at radius 2 is 1.72 bits per heavy atom. The minimum absolute atomic E-state index is 0.261. The monoisotopic (exact) mass is 484 g/mol. The van der Waals surface area contributed by atoms with E-state index in [4.69, 9.17) is 47.7 Å². The van der Waals surface area contributed by atoms with Crippen molar-refractivity contribution in [2.75, 3.05) is 18.5 Å². The van der Waals surface area contributed by atoms with E-state index in [1.54, 1.807) is 18.2 Å². The molecule has 0 bridgehead atoms. The SMILES string of the molecule is CC(C)OCCCNCc1cccc(NC(=O)c2ccc(Cl)cc2Cl)c1.O=C(O)C(=O)O. The van der Waals surface area contributed by atoms with Gasteiger partial charge in [0.1, 0.15) is 0 Å². The molecule has 0 spiro atoms. The molecule has 0 unspecified atom stereocenters. The normalized spacial score (nSPS) is 10.3. The molecular formula is C22H26Cl2N2O6. The van der Waals surface area contributed by atoms with Crippen LogP contribution >= 0.6 is 23.2 Å². The number of ether oxygens (including phenoxy) is 1. The fourth-order valence-corrected chi connectivity index (χ4v) is 2.87. The van der Waals surface area contributed by atoms with Crippen molar-refractivity contribution in [3.05, 3.63) is 63.6 Å². The minimum Gasteiger partial charge on any atom is -0.473 e. The molecule has 0 heterocycles. The number of nitrogens with one attached hydrogen (secondary N) is 2. The second-order valence-corrected chi connectivity index (χ2v) is 7.68. The van der Waals surface area contributed by atoms with Crippen molar-refractivity contribution in [3.63, 3.8) is 0 Å². The van der Waals surface area contributed by atoms with Crippen LogP contribution in [0.4, 0.5) is 5.69 Å². The lowest BCUT2D eigenvalue weighted by Crippen LogP contribution is -2.17. The number of halogens is 2. The quantitative estimate of drug-likeness (QED) is 0.308. The summed E-state index contributed by atoms with van der Waals surface area (Å²) < 4.78 is 5.51. The number of anilines is 1. The summed E-state index contributed by atoms with van der Waals surface area (Å²) >= 11 is 12.0. The molecule has 0 saturated heterocycles. The number of aliphatic carboxylic acids is 2. The number of hydrogen-bond donors (Lipinski definition) is 4. The predicted octanol–water partition coefficient (Wildman–Crippen LogP) is 4.31. The number of carbonyl (C=O) groups excluding carboxylic acids is 1. The third kappa shape index (κ3) is 11.1. The van der Waals surface area contributed by atoms with E-state index in [-0.39, 0.29) is 12.0 Å². The highest BCUT2D eigenvalue weighted by Crippen LogP contribution is 2.22. The van der Waals surface area contributed by atoms with Gasteiger partial charge in [-0.3, -0.25) is 4.79 Å². The summed E-state index contributed by atoms with van der Waals surface area (Å²) in [6.45, 7) is 6.42. The molecule has 0 aliphatic heterocycles. The summed E-state index contributed by atoms with van der Waals surface area (Å²) in [4.78, 5) is 30.6. The molecular weight excluding hydrogens is 459 g/mol. The van der Waals surface area contributed by atoms with Crippen LogP contribution in [-0.2, 0) is 20.9 Å². The summed E-state index contributed by atoms with van der Waals surface area (Å²) in [6.07, 6.45) is 1.23. The van der Waals surface area contributed by atoms with Crippen molar-refractivity contribution in [3.8, 4) is 0 Å². The Morgan fingerprint density at radius 3 is 2.31 bits per heavy atom. The first-order chi connectivity index (χ1) is 15.1. The van der Waals surface area contributed by atoms with Crippen LogP contribution in [0, 0.1) is 0 Å². The molecule has 0 saturated carbocycles. The van der Waals surface area contributed by atoms with Gasteiger partial charge in [-0.1, -0.05) is 35.3 Å². The van der Waals surface area contributed by atoms with Crippen molar-refractivity contribution in [2.45, 2.75) is 32.9 Å². The van der Waals surface area contributed by atoms with Crippen LogP contribution in [-0.4, -0.2) is 47.3 Å². The van der Waals surface area contributed by atoms with Gasteiger partial charge in [-0.25, -0.2) is 9.59 Å². The van der Waals surface area contributed by atoms with E-state index >= 15 is 0 Å². The highest BCUT2D eigenvalue weighted by atomic mass is 35.5. The zero-order valence-electron chi connectivity index (χ0n) is 17.7. The van der Waals surface area contributed by atoms with Gasteiger partial charge in [0, 0.05) is 23.9 Å². The van der Waals surface area contributed by atoms with Gasteiger partial charge in [0.25, 0.3) is 5.91 Å². The maximum atomic E-state index is 12.4. The highest BCUT2D eigenvalue weighted by Gasteiger charge is 2.11. The summed E-state index contributed by atoms with van der Waals surface area (Å²) in [5, 5.41) is 21.9. The minimum atomic E-state index is -1.82. The Morgan fingerprint density at radius 1 is 1.03 bits per heavy atom. The molecule has 4 N–H and O–H groups in total. The van der Waals surface area contributed by atoms with Crippen molar-refractivity contribution in [1.82, 2.24) is 5.32 Å². The Bertz CT molecular complexity index is 909. The third-order valence-electron chi connectivity index (χ3n) is 3.82. The number of benzene rings is 2. The maximum Gasteiger partial charge on any atom is 0.414 e. The second kappa shape index (κ2) is 14.4. The Labute approximate surface area is 196 Å². The molecule has 0 aromatic heterocycles. The lowest BCUT2D eigenvalue weighted by Gasteiger charge is -2.10. The van der Waals surface area contributed by atoms with Gasteiger partial charge in [-0.2, -0.15) is 0 Å². The first-order valence-electron chi connectivity index (χ1n) is 9.74. The molecule has 0 atom stereocenters. The van der Waals surface area contributed by atoms with E-state index in [2.05, 4.69) is 10.6 Å². The van der Waals surface area contributed by atoms with E-state index in [9.17, 15) is 4.79 Å². The lowest BCUT2D eigenvalue weighted by molar-refractivity contribution is -0.159. The molecule has 1 amide bonds. The number of hydrogen-bond acceptors (Lipinski definition) is 5. The molecule has 174 valence electrons. The van der Waals surface area contributed by atoms with Gasteiger partial charge in [0.05, 0.1) is 16.7 Å². The molecule has 2 aromatic rings. The molecule has 10 heteroatoms. The topological polar surface area (TPSA) is 125 Å². The van der Waals surface area contributed by atoms with Crippen molar-refractivity contribution in [2.24, 2.45) is 0 Å². The van der Waals surface area contributed by atoms with E-state index in [1.807, 2.05) is 38.1 Å². The number of carboxylic acid groups (broad SMARTS) is 2. The van der Waals surface area contributed by atoms with Gasteiger partial charge >= 0.3 is 11.9 Å². The fraction of sp³-hybridized carbons (Fsp3) is 0.318. The molecule has 0 fully saturated rings. The molecule has 8 nitrogen and oxygen atoms in total. The molecule has 0 radical (unpaired) electrons. The van der Waals surface area contributed by atoms with Gasteiger partial charge in [-0.05, 0) is 62.7 Å². The van der Waals surface area contributed by atoms with E-state index in [0.717, 1.165) is 37.4 Å². The van der Waals surface area contributed by atoms with Gasteiger partial charge in [-0.15, -0.1) is 0 Å². The van der Waals surface area contributed by atoms with Crippen LogP contribution in [0.1, 0.15) is 36.2 Å². The van der Waals surface area contributed by atoms with Crippen LogP contribution in [0.5, 0.6) is 0 Å². The van der Waals surface area contributed by atoms with Crippen molar-refractivity contribution >= 4 is 46.7 Å². The Kier molecular flexibility index (Phi) is 12.3. The van der Waals surface area contributed by atoms with Crippen LogP contribution in [0.25, 0.3) is 0 Å². The van der Waals surface area contributed by atoms with Crippen LogP contribution in [0.2, 0.25) is 10.0 Å². The number of carbonyl (C=O) groups is 3. The standard InChI is InChI=1S/C20H24Cl2N2O2.C2H2O4/c1-14(2)26-10-4-9-23-13-15-5-3-6-17(11-15)24-20(25)18-8-7-16(21)12-19(18)22;3-1(4)2(5)6/h3,5-8,11-12,14,23H,4,9-10,13H2,1-2H3,(H,24,25);(H,3,4)(H,5,6). The maximum absolute atomic E-state index is 12.4. The summed E-state index contributed by atoms with van der Waals surface area (Å²) in [5.74, 6) is -3.91. The summed E-state index contributed by atoms with van der Waals surface area (Å²) in [6, 6.07) is 12.5. The van der Waals surface area contributed by atoms with Gasteiger partial charge in [0.15, 0.2) is 0 Å². The zero-order valence-corrected chi connectivity index (χ0v) is 19.2. The largest absolute Gasteiger partial charge is 0.473 e. The lowest BCUT2D eigenvalue weighted by atomic mass is 10.1.